The van der Waals surface area contributed by atoms with Crippen molar-refractivity contribution in [1.82, 2.24) is 20.3 Å². The first-order valence-electron chi connectivity index (χ1n) is 7.85. The zero-order valence-electron chi connectivity index (χ0n) is 13.9. The van der Waals surface area contributed by atoms with Crippen LogP contribution in [0.3, 0.4) is 0 Å². The summed E-state index contributed by atoms with van der Waals surface area (Å²) in [7, 11) is 0. The smallest absolute Gasteiger partial charge is 0.253 e. The van der Waals surface area contributed by atoms with Gasteiger partial charge in [0, 0.05) is 35.4 Å². The fourth-order valence-electron chi connectivity index (χ4n) is 2.54. The molecule has 1 unspecified atom stereocenters. The number of carbonyl (C=O) groups excluding carboxylic acids is 1. The molecule has 0 radical (unpaired) electrons. The third-order valence-corrected chi connectivity index (χ3v) is 4.22. The molecule has 0 aliphatic heterocycles. The first kappa shape index (κ1) is 17.0. The number of nitrogens with zero attached hydrogens (tertiary/aromatic N) is 3. The number of hydrogen-bond donors (Lipinski definition) is 1. The van der Waals surface area contributed by atoms with Crippen molar-refractivity contribution in [2.75, 3.05) is 0 Å². The van der Waals surface area contributed by atoms with Crippen LogP contribution in [0.15, 0.2) is 55.0 Å². The van der Waals surface area contributed by atoms with E-state index >= 15 is 0 Å². The SMILES string of the molecule is Cc1nc(-c2ccncc2)ncc1C(C)NC(=O)c1ccccc1Cl. The molecule has 5 nitrogen and oxygen atoms in total. The van der Waals surface area contributed by atoms with Gasteiger partial charge in [0.05, 0.1) is 16.6 Å². The maximum atomic E-state index is 12.4. The molecule has 0 aliphatic carbocycles. The van der Waals surface area contributed by atoms with Crippen molar-refractivity contribution < 1.29 is 4.79 Å². The summed E-state index contributed by atoms with van der Waals surface area (Å²) in [6.45, 7) is 3.80. The van der Waals surface area contributed by atoms with Gasteiger partial charge in [-0.25, -0.2) is 9.97 Å². The van der Waals surface area contributed by atoms with Crippen molar-refractivity contribution in [1.29, 1.82) is 0 Å². The van der Waals surface area contributed by atoms with Crippen molar-refractivity contribution in [3.63, 3.8) is 0 Å². The molecule has 0 bridgehead atoms. The predicted molar refractivity (Wildman–Crippen MR) is 97.3 cm³/mol. The topological polar surface area (TPSA) is 67.8 Å². The van der Waals surface area contributed by atoms with Crippen LogP contribution in [0, 0.1) is 6.92 Å². The number of halogens is 1. The molecule has 1 N–H and O–H groups in total. The highest BCUT2D eigenvalue weighted by Crippen LogP contribution is 2.21. The van der Waals surface area contributed by atoms with Crippen LogP contribution in [0.25, 0.3) is 11.4 Å². The lowest BCUT2D eigenvalue weighted by atomic mass is 10.1. The number of aromatic nitrogens is 3. The monoisotopic (exact) mass is 352 g/mol. The van der Waals surface area contributed by atoms with Crippen LogP contribution in [0.2, 0.25) is 5.02 Å². The van der Waals surface area contributed by atoms with Gasteiger partial charge in [-0.15, -0.1) is 0 Å². The Hall–Kier alpha value is -2.79. The summed E-state index contributed by atoms with van der Waals surface area (Å²) >= 11 is 6.08. The summed E-state index contributed by atoms with van der Waals surface area (Å²) < 4.78 is 0. The molecule has 1 atom stereocenters. The first-order chi connectivity index (χ1) is 12.1. The van der Waals surface area contributed by atoms with E-state index in [9.17, 15) is 4.79 Å². The third-order valence-electron chi connectivity index (χ3n) is 3.89. The minimum Gasteiger partial charge on any atom is -0.345 e. The van der Waals surface area contributed by atoms with Gasteiger partial charge in [-0.3, -0.25) is 9.78 Å². The second kappa shape index (κ2) is 7.40. The van der Waals surface area contributed by atoms with Gasteiger partial charge in [0.1, 0.15) is 0 Å². The molecule has 25 heavy (non-hydrogen) atoms. The molecule has 0 fully saturated rings. The van der Waals surface area contributed by atoms with E-state index in [-0.39, 0.29) is 11.9 Å². The molecule has 0 saturated heterocycles. The summed E-state index contributed by atoms with van der Waals surface area (Å²) in [5.41, 5.74) is 3.02. The number of pyridine rings is 1. The number of rotatable bonds is 4. The average Bonchev–Trinajstić information content (AvgIpc) is 2.62. The van der Waals surface area contributed by atoms with Gasteiger partial charge in [-0.05, 0) is 38.1 Å². The zero-order chi connectivity index (χ0) is 17.8. The van der Waals surface area contributed by atoms with E-state index < -0.39 is 0 Å². The number of aryl methyl sites for hydroxylation is 1. The molecule has 0 aliphatic rings. The second-order valence-corrected chi connectivity index (χ2v) is 6.05. The van der Waals surface area contributed by atoms with Crippen molar-refractivity contribution in [3.05, 3.63) is 76.8 Å². The summed E-state index contributed by atoms with van der Waals surface area (Å²) in [5, 5.41) is 3.36. The number of nitrogens with one attached hydrogen (secondary N) is 1. The van der Waals surface area contributed by atoms with Gasteiger partial charge >= 0.3 is 0 Å². The van der Waals surface area contributed by atoms with Gasteiger partial charge in [-0.2, -0.15) is 0 Å². The van der Waals surface area contributed by atoms with Crippen molar-refractivity contribution in [2.45, 2.75) is 19.9 Å². The lowest BCUT2D eigenvalue weighted by molar-refractivity contribution is 0.0940. The maximum absolute atomic E-state index is 12.4. The van der Waals surface area contributed by atoms with Gasteiger partial charge in [0.25, 0.3) is 5.91 Å². The molecule has 0 saturated carbocycles. The average molecular weight is 353 g/mol. The van der Waals surface area contributed by atoms with Gasteiger partial charge in [0.15, 0.2) is 5.82 Å². The Morgan fingerprint density at radius 1 is 1.16 bits per heavy atom. The van der Waals surface area contributed by atoms with Crippen LogP contribution in [0.5, 0.6) is 0 Å². The quantitative estimate of drug-likeness (QED) is 0.770. The Labute approximate surface area is 151 Å². The lowest BCUT2D eigenvalue weighted by Crippen LogP contribution is -2.27. The highest BCUT2D eigenvalue weighted by atomic mass is 35.5. The van der Waals surface area contributed by atoms with E-state index in [0.717, 1.165) is 16.8 Å². The summed E-state index contributed by atoms with van der Waals surface area (Å²) in [6, 6.07) is 10.4. The lowest BCUT2D eigenvalue weighted by Gasteiger charge is -2.17. The Morgan fingerprint density at radius 3 is 2.56 bits per heavy atom. The van der Waals surface area contributed by atoms with E-state index in [4.69, 9.17) is 11.6 Å². The fraction of sp³-hybridized carbons (Fsp3) is 0.158. The molecule has 0 spiro atoms. The van der Waals surface area contributed by atoms with Crippen molar-refractivity contribution >= 4 is 17.5 Å². The minimum absolute atomic E-state index is 0.226. The number of hydrogen-bond acceptors (Lipinski definition) is 4. The maximum Gasteiger partial charge on any atom is 0.253 e. The van der Waals surface area contributed by atoms with Crippen LogP contribution >= 0.6 is 11.6 Å². The molecule has 1 aromatic carbocycles. The van der Waals surface area contributed by atoms with E-state index in [1.807, 2.05) is 26.0 Å². The van der Waals surface area contributed by atoms with Gasteiger partial charge in [-0.1, -0.05) is 23.7 Å². The van der Waals surface area contributed by atoms with E-state index in [2.05, 4.69) is 20.3 Å². The van der Waals surface area contributed by atoms with Crippen LogP contribution < -0.4 is 5.32 Å². The minimum atomic E-state index is -0.240. The van der Waals surface area contributed by atoms with Crippen molar-refractivity contribution in [2.24, 2.45) is 0 Å². The van der Waals surface area contributed by atoms with E-state index in [1.165, 1.54) is 0 Å². The summed E-state index contributed by atoms with van der Waals surface area (Å²) in [6.07, 6.45) is 5.15. The Kier molecular flexibility index (Phi) is 5.05. The largest absolute Gasteiger partial charge is 0.345 e. The second-order valence-electron chi connectivity index (χ2n) is 5.65. The highest BCUT2D eigenvalue weighted by Gasteiger charge is 2.16. The van der Waals surface area contributed by atoms with Crippen LogP contribution in [-0.2, 0) is 0 Å². The fourth-order valence-corrected chi connectivity index (χ4v) is 2.76. The predicted octanol–water partition coefficient (Wildman–Crippen LogP) is 3.99. The third kappa shape index (κ3) is 3.83. The van der Waals surface area contributed by atoms with Gasteiger partial charge in [0.2, 0.25) is 0 Å². The zero-order valence-corrected chi connectivity index (χ0v) is 14.7. The Balaban J connectivity index is 1.80. The molecular formula is C19H17ClN4O. The summed E-state index contributed by atoms with van der Waals surface area (Å²) in [4.78, 5) is 25.4. The Bertz CT molecular complexity index is 899. The van der Waals surface area contributed by atoms with Crippen LogP contribution in [0.4, 0.5) is 0 Å². The number of carbonyl (C=O) groups is 1. The first-order valence-corrected chi connectivity index (χ1v) is 8.23. The normalized spacial score (nSPS) is 11.8. The Morgan fingerprint density at radius 2 is 1.88 bits per heavy atom. The molecule has 3 rings (SSSR count). The molecule has 1 amide bonds. The molecule has 126 valence electrons. The number of benzene rings is 1. The molecule has 3 aromatic rings. The van der Waals surface area contributed by atoms with Crippen LogP contribution in [-0.4, -0.2) is 20.9 Å². The highest BCUT2D eigenvalue weighted by molar-refractivity contribution is 6.33. The van der Waals surface area contributed by atoms with E-state index in [1.54, 1.807) is 42.9 Å². The van der Waals surface area contributed by atoms with Crippen LogP contribution in [0.1, 0.15) is 34.6 Å². The molecule has 2 heterocycles. The molecular weight excluding hydrogens is 336 g/mol. The van der Waals surface area contributed by atoms with Gasteiger partial charge < -0.3 is 5.32 Å². The standard InChI is InChI=1S/C19H17ClN4O/c1-12-16(11-22-18(23-12)14-7-9-21-10-8-14)13(2)24-19(25)15-5-3-4-6-17(15)20/h3-11,13H,1-2H3,(H,24,25). The molecule has 2 aromatic heterocycles. The molecule has 6 heteroatoms. The summed E-state index contributed by atoms with van der Waals surface area (Å²) in [5.74, 6) is 0.406. The van der Waals surface area contributed by atoms with E-state index in [0.29, 0.717) is 16.4 Å². The number of amides is 1. The van der Waals surface area contributed by atoms with Crippen molar-refractivity contribution in [3.8, 4) is 11.4 Å².